The second-order valence-electron chi connectivity index (χ2n) is 4.65. The van der Waals surface area contributed by atoms with E-state index in [4.69, 9.17) is 14.2 Å². The fraction of sp³-hybridized carbons (Fsp3) is 0.500. The standard InChI is InChI=1S/C14H19NO4/c1-15-7-11-5-4-10(14(16)18-3)6-13(11)19-9-12(15)8-17-2/h4-6,12H,7-9H2,1-3H3. The number of carbonyl (C=O) groups is 1. The third-order valence-electron chi connectivity index (χ3n) is 3.32. The van der Waals surface area contributed by atoms with Crippen LogP contribution < -0.4 is 4.74 Å². The molecule has 5 nitrogen and oxygen atoms in total. The summed E-state index contributed by atoms with van der Waals surface area (Å²) in [5.41, 5.74) is 1.57. The van der Waals surface area contributed by atoms with E-state index < -0.39 is 0 Å². The predicted molar refractivity (Wildman–Crippen MR) is 70.4 cm³/mol. The SMILES string of the molecule is COCC1COc2cc(C(=O)OC)ccc2CN1C. The zero-order valence-corrected chi connectivity index (χ0v) is 11.5. The summed E-state index contributed by atoms with van der Waals surface area (Å²) in [6.45, 7) is 1.93. The normalized spacial score (nSPS) is 19.2. The molecule has 1 aliphatic rings. The molecule has 0 saturated heterocycles. The number of hydrogen-bond donors (Lipinski definition) is 0. The van der Waals surface area contributed by atoms with E-state index in [-0.39, 0.29) is 12.0 Å². The Morgan fingerprint density at radius 3 is 2.95 bits per heavy atom. The average molecular weight is 265 g/mol. The van der Waals surface area contributed by atoms with Gasteiger partial charge in [-0.1, -0.05) is 6.07 Å². The molecule has 0 amide bonds. The molecule has 0 bridgehead atoms. The highest BCUT2D eigenvalue weighted by atomic mass is 16.5. The Morgan fingerprint density at radius 1 is 1.47 bits per heavy atom. The van der Waals surface area contributed by atoms with Crippen molar-refractivity contribution in [3.05, 3.63) is 29.3 Å². The van der Waals surface area contributed by atoms with Gasteiger partial charge in [0.1, 0.15) is 12.4 Å². The lowest BCUT2D eigenvalue weighted by molar-refractivity contribution is 0.0599. The molecule has 0 aromatic heterocycles. The molecule has 1 atom stereocenters. The van der Waals surface area contributed by atoms with E-state index in [2.05, 4.69) is 4.90 Å². The molecule has 1 aliphatic heterocycles. The Kier molecular flexibility index (Phi) is 4.39. The molecule has 0 saturated carbocycles. The van der Waals surface area contributed by atoms with Gasteiger partial charge in [0.05, 0.1) is 25.3 Å². The smallest absolute Gasteiger partial charge is 0.337 e. The highest BCUT2D eigenvalue weighted by Gasteiger charge is 2.22. The molecule has 1 aromatic carbocycles. The first-order chi connectivity index (χ1) is 9.15. The molecule has 0 spiro atoms. The number of carbonyl (C=O) groups excluding carboxylic acids is 1. The van der Waals surface area contributed by atoms with Crippen molar-refractivity contribution in [1.29, 1.82) is 0 Å². The minimum absolute atomic E-state index is 0.207. The Morgan fingerprint density at radius 2 is 2.26 bits per heavy atom. The molecule has 104 valence electrons. The first-order valence-corrected chi connectivity index (χ1v) is 6.19. The van der Waals surface area contributed by atoms with Crippen LogP contribution in [-0.4, -0.2) is 51.4 Å². The summed E-state index contributed by atoms with van der Waals surface area (Å²) in [5, 5.41) is 0. The van der Waals surface area contributed by atoms with Crippen molar-refractivity contribution in [2.75, 3.05) is 34.5 Å². The molecule has 1 unspecified atom stereocenters. The quantitative estimate of drug-likeness (QED) is 0.771. The van der Waals surface area contributed by atoms with Crippen molar-refractivity contribution in [2.24, 2.45) is 0 Å². The van der Waals surface area contributed by atoms with Crippen LogP contribution in [0, 0.1) is 0 Å². The van der Waals surface area contributed by atoms with E-state index >= 15 is 0 Å². The number of methoxy groups -OCH3 is 2. The lowest BCUT2D eigenvalue weighted by atomic mass is 10.1. The van der Waals surface area contributed by atoms with Crippen molar-refractivity contribution < 1.29 is 19.0 Å². The summed E-state index contributed by atoms with van der Waals surface area (Å²) in [7, 11) is 5.09. The summed E-state index contributed by atoms with van der Waals surface area (Å²) in [5.74, 6) is 0.394. The predicted octanol–water partition coefficient (Wildman–Crippen LogP) is 1.31. The zero-order valence-electron chi connectivity index (χ0n) is 11.5. The monoisotopic (exact) mass is 265 g/mol. The van der Waals surface area contributed by atoms with Crippen LogP contribution in [0.15, 0.2) is 18.2 Å². The third kappa shape index (κ3) is 3.05. The van der Waals surface area contributed by atoms with Gasteiger partial charge in [0.25, 0.3) is 0 Å². The topological polar surface area (TPSA) is 48.0 Å². The lowest BCUT2D eigenvalue weighted by Crippen LogP contribution is -2.37. The second-order valence-corrected chi connectivity index (χ2v) is 4.65. The Balaban J connectivity index is 2.22. The molecular weight excluding hydrogens is 246 g/mol. The number of ether oxygens (including phenoxy) is 3. The molecule has 2 rings (SSSR count). The van der Waals surface area contributed by atoms with Crippen molar-refractivity contribution in [2.45, 2.75) is 12.6 Å². The summed E-state index contributed by atoms with van der Waals surface area (Å²) < 4.78 is 15.7. The molecule has 0 aliphatic carbocycles. The van der Waals surface area contributed by atoms with Crippen LogP contribution in [0.3, 0.4) is 0 Å². The van der Waals surface area contributed by atoms with Gasteiger partial charge in [-0.05, 0) is 19.2 Å². The number of rotatable bonds is 3. The largest absolute Gasteiger partial charge is 0.492 e. The third-order valence-corrected chi connectivity index (χ3v) is 3.32. The molecule has 1 heterocycles. The van der Waals surface area contributed by atoms with Gasteiger partial charge in [-0.2, -0.15) is 0 Å². The number of fused-ring (bicyclic) bond motifs is 1. The van der Waals surface area contributed by atoms with Crippen LogP contribution in [0.1, 0.15) is 15.9 Å². The maximum Gasteiger partial charge on any atom is 0.337 e. The molecule has 0 N–H and O–H groups in total. The van der Waals surface area contributed by atoms with Crippen molar-refractivity contribution in [3.8, 4) is 5.75 Å². The number of benzene rings is 1. The van der Waals surface area contributed by atoms with Crippen LogP contribution in [0.4, 0.5) is 0 Å². The van der Waals surface area contributed by atoms with Crippen LogP contribution in [-0.2, 0) is 16.0 Å². The number of likely N-dealkylation sites (N-methyl/N-ethyl adjacent to an activating group) is 1. The molecule has 19 heavy (non-hydrogen) atoms. The Bertz CT molecular complexity index is 461. The van der Waals surface area contributed by atoms with Gasteiger partial charge in [-0.3, -0.25) is 4.90 Å². The van der Waals surface area contributed by atoms with Crippen molar-refractivity contribution in [1.82, 2.24) is 4.90 Å². The van der Waals surface area contributed by atoms with Gasteiger partial charge in [-0.15, -0.1) is 0 Å². The van der Waals surface area contributed by atoms with E-state index in [0.717, 1.165) is 17.9 Å². The Hall–Kier alpha value is -1.59. The van der Waals surface area contributed by atoms with Gasteiger partial charge in [-0.25, -0.2) is 4.79 Å². The van der Waals surface area contributed by atoms with Gasteiger partial charge in [0.15, 0.2) is 0 Å². The fourth-order valence-corrected chi connectivity index (χ4v) is 2.14. The van der Waals surface area contributed by atoms with Crippen LogP contribution in [0.5, 0.6) is 5.75 Å². The van der Waals surface area contributed by atoms with Crippen molar-refractivity contribution in [3.63, 3.8) is 0 Å². The summed E-state index contributed by atoms with van der Waals surface area (Å²) in [6, 6.07) is 5.62. The van der Waals surface area contributed by atoms with Crippen LogP contribution in [0.25, 0.3) is 0 Å². The summed E-state index contributed by atoms with van der Waals surface area (Å²) in [4.78, 5) is 13.7. The maximum atomic E-state index is 11.5. The van der Waals surface area contributed by atoms with Crippen LogP contribution in [0.2, 0.25) is 0 Å². The zero-order chi connectivity index (χ0) is 13.8. The summed E-state index contributed by atoms with van der Waals surface area (Å²) in [6.07, 6.45) is 0. The van der Waals surface area contributed by atoms with E-state index in [9.17, 15) is 4.79 Å². The van der Waals surface area contributed by atoms with E-state index in [1.54, 1.807) is 19.2 Å². The highest BCUT2D eigenvalue weighted by molar-refractivity contribution is 5.89. The minimum Gasteiger partial charge on any atom is -0.492 e. The van der Waals surface area contributed by atoms with Gasteiger partial charge in [0.2, 0.25) is 0 Å². The number of esters is 1. The lowest BCUT2D eigenvalue weighted by Gasteiger charge is -2.23. The first-order valence-electron chi connectivity index (χ1n) is 6.19. The molecular formula is C14H19NO4. The molecule has 1 aromatic rings. The number of hydrogen-bond acceptors (Lipinski definition) is 5. The van der Waals surface area contributed by atoms with Gasteiger partial charge >= 0.3 is 5.97 Å². The Labute approximate surface area is 113 Å². The molecule has 0 fully saturated rings. The second kappa shape index (κ2) is 6.04. The summed E-state index contributed by atoms with van der Waals surface area (Å²) >= 11 is 0. The van der Waals surface area contributed by atoms with Crippen molar-refractivity contribution >= 4 is 5.97 Å². The first kappa shape index (κ1) is 13.8. The van der Waals surface area contributed by atoms with E-state index in [1.165, 1.54) is 7.11 Å². The van der Waals surface area contributed by atoms with Gasteiger partial charge in [0, 0.05) is 19.2 Å². The van der Waals surface area contributed by atoms with Crippen LogP contribution >= 0.6 is 0 Å². The average Bonchev–Trinajstić information content (AvgIpc) is 2.57. The maximum absolute atomic E-state index is 11.5. The molecule has 5 heteroatoms. The minimum atomic E-state index is -0.350. The molecule has 0 radical (unpaired) electrons. The van der Waals surface area contributed by atoms with Gasteiger partial charge < -0.3 is 14.2 Å². The number of nitrogens with zero attached hydrogens (tertiary/aromatic N) is 1. The van der Waals surface area contributed by atoms with E-state index in [0.29, 0.717) is 18.8 Å². The fourth-order valence-electron chi connectivity index (χ4n) is 2.14. The highest BCUT2D eigenvalue weighted by Crippen LogP contribution is 2.26. The van der Waals surface area contributed by atoms with E-state index in [1.807, 2.05) is 13.1 Å².